The summed E-state index contributed by atoms with van der Waals surface area (Å²) in [5, 5.41) is 0.646. The van der Waals surface area contributed by atoms with E-state index < -0.39 is 0 Å². The van der Waals surface area contributed by atoms with Crippen LogP contribution >= 0.6 is 11.6 Å². The van der Waals surface area contributed by atoms with Gasteiger partial charge in [-0.25, -0.2) is 0 Å². The van der Waals surface area contributed by atoms with Gasteiger partial charge in [0.1, 0.15) is 0 Å². The largest absolute Gasteiger partial charge is 0.346 e. The van der Waals surface area contributed by atoms with Crippen LogP contribution in [0.15, 0.2) is 36.0 Å². The number of aromatic nitrogens is 2. The van der Waals surface area contributed by atoms with Crippen molar-refractivity contribution < 1.29 is 4.79 Å². The van der Waals surface area contributed by atoms with Crippen LogP contribution in [0.2, 0.25) is 5.02 Å². The number of carbonyl (C=O) groups excluding carboxylic acids is 1. The van der Waals surface area contributed by atoms with E-state index in [1.807, 2.05) is 6.07 Å². The number of halogens is 1. The van der Waals surface area contributed by atoms with Crippen molar-refractivity contribution in [2.75, 3.05) is 6.54 Å². The third-order valence-corrected chi connectivity index (χ3v) is 7.22. The third-order valence-electron chi connectivity index (χ3n) is 7.01. The molecule has 5 heteroatoms. The number of rotatable bonds is 2. The van der Waals surface area contributed by atoms with Crippen LogP contribution in [-0.4, -0.2) is 26.9 Å². The maximum absolute atomic E-state index is 13.8. The fraction of sp³-hybridized carbons (Fsp3) is 0.478. The maximum atomic E-state index is 13.8. The highest BCUT2D eigenvalue weighted by molar-refractivity contribution is 6.30. The van der Waals surface area contributed by atoms with Gasteiger partial charge in [-0.05, 0) is 63.3 Å². The number of amides is 1. The molecule has 0 saturated heterocycles. The summed E-state index contributed by atoms with van der Waals surface area (Å²) in [6, 6.07) is 6.73. The van der Waals surface area contributed by atoms with Crippen LogP contribution in [0.4, 0.5) is 0 Å². The first kappa shape index (κ1) is 18.0. The van der Waals surface area contributed by atoms with E-state index >= 15 is 0 Å². The predicted molar refractivity (Wildman–Crippen MR) is 110 cm³/mol. The maximum Gasteiger partial charge on any atom is 0.233 e. The standard InChI is InChI=1S/C23H26ClN3O/c1-15-5-6-16(2)27(15)20-11-18-4-3-8-23(18,12-20)22(28)26-9-7-21-17(14-26)10-19(24)13-25-21/h4-6,10,13,20H,3,7-9,11-12,14H2,1-2H3. The van der Waals surface area contributed by atoms with E-state index in [9.17, 15) is 4.79 Å². The molecule has 2 unspecified atom stereocenters. The molecule has 1 aliphatic heterocycles. The summed E-state index contributed by atoms with van der Waals surface area (Å²) in [6.45, 7) is 5.72. The molecule has 4 nitrogen and oxygen atoms in total. The van der Waals surface area contributed by atoms with Crippen LogP contribution in [0.5, 0.6) is 0 Å². The molecule has 3 aliphatic rings. The first-order valence-corrected chi connectivity index (χ1v) is 10.6. The van der Waals surface area contributed by atoms with Crippen molar-refractivity contribution >= 4 is 17.5 Å². The predicted octanol–water partition coefficient (Wildman–Crippen LogP) is 4.78. The second-order valence-corrected chi connectivity index (χ2v) is 9.07. The second-order valence-electron chi connectivity index (χ2n) is 8.63. The smallest absolute Gasteiger partial charge is 0.233 e. The molecule has 2 atom stereocenters. The van der Waals surface area contributed by atoms with Crippen LogP contribution in [0.25, 0.3) is 0 Å². The summed E-state index contributed by atoms with van der Waals surface area (Å²) in [5.74, 6) is 0.312. The molecule has 3 heterocycles. The normalized spacial score (nSPS) is 26.2. The zero-order valence-electron chi connectivity index (χ0n) is 16.5. The van der Waals surface area contributed by atoms with Gasteiger partial charge in [-0.15, -0.1) is 0 Å². The molecule has 1 fully saturated rings. The molecule has 0 bridgehead atoms. The molecule has 146 valence electrons. The van der Waals surface area contributed by atoms with Crippen LogP contribution in [0.1, 0.15) is 54.4 Å². The van der Waals surface area contributed by atoms with E-state index in [4.69, 9.17) is 11.6 Å². The molecule has 5 rings (SSSR count). The summed E-state index contributed by atoms with van der Waals surface area (Å²) in [7, 11) is 0. The number of hydrogen-bond donors (Lipinski definition) is 0. The Morgan fingerprint density at radius 3 is 2.86 bits per heavy atom. The van der Waals surface area contributed by atoms with E-state index in [-0.39, 0.29) is 5.41 Å². The Morgan fingerprint density at radius 2 is 2.07 bits per heavy atom. The monoisotopic (exact) mass is 395 g/mol. The van der Waals surface area contributed by atoms with Crippen molar-refractivity contribution in [2.24, 2.45) is 5.41 Å². The van der Waals surface area contributed by atoms with Crippen LogP contribution in [0, 0.1) is 19.3 Å². The Bertz CT molecular complexity index is 972. The van der Waals surface area contributed by atoms with Gasteiger partial charge in [-0.2, -0.15) is 0 Å². The number of nitrogens with zero attached hydrogens (tertiary/aromatic N) is 3. The van der Waals surface area contributed by atoms with Gasteiger partial charge < -0.3 is 9.47 Å². The first-order chi connectivity index (χ1) is 13.5. The van der Waals surface area contributed by atoms with Crippen molar-refractivity contribution in [2.45, 2.75) is 58.5 Å². The average molecular weight is 396 g/mol. The Hall–Kier alpha value is -2.07. The minimum absolute atomic E-state index is 0.308. The Labute approximate surface area is 171 Å². The highest BCUT2D eigenvalue weighted by atomic mass is 35.5. The van der Waals surface area contributed by atoms with Crippen molar-refractivity contribution in [1.82, 2.24) is 14.5 Å². The molecular formula is C23H26ClN3O. The van der Waals surface area contributed by atoms with Gasteiger partial charge in [-0.1, -0.05) is 23.3 Å². The van der Waals surface area contributed by atoms with Gasteiger partial charge in [0.25, 0.3) is 0 Å². The number of pyridine rings is 1. The van der Waals surface area contributed by atoms with Gasteiger partial charge in [0.2, 0.25) is 5.91 Å². The van der Waals surface area contributed by atoms with E-state index in [1.165, 1.54) is 17.0 Å². The number of carbonyl (C=O) groups is 1. The number of aryl methyl sites for hydroxylation is 2. The van der Waals surface area contributed by atoms with Crippen LogP contribution in [0.3, 0.4) is 0 Å². The lowest BCUT2D eigenvalue weighted by atomic mass is 9.80. The van der Waals surface area contributed by atoms with Crippen LogP contribution in [-0.2, 0) is 17.8 Å². The SMILES string of the molecule is Cc1ccc(C)n1C1CC2=CCCC2(C(=O)N2CCc3ncc(Cl)cc3C2)C1. The lowest BCUT2D eigenvalue weighted by Crippen LogP contribution is -2.45. The summed E-state index contributed by atoms with van der Waals surface area (Å²) < 4.78 is 2.43. The van der Waals surface area contributed by atoms with Gasteiger partial charge in [0.05, 0.1) is 10.4 Å². The van der Waals surface area contributed by atoms with Crippen molar-refractivity contribution in [3.63, 3.8) is 0 Å². The van der Waals surface area contributed by atoms with Gasteiger partial charge in [0.15, 0.2) is 0 Å². The number of fused-ring (bicyclic) bond motifs is 2. The Balaban J connectivity index is 1.44. The minimum atomic E-state index is -0.308. The first-order valence-electron chi connectivity index (χ1n) is 10.2. The Kier molecular flexibility index (Phi) is 4.16. The molecule has 0 aromatic carbocycles. The summed E-state index contributed by atoms with van der Waals surface area (Å²) in [6.07, 6.45) is 8.75. The zero-order chi connectivity index (χ0) is 19.5. The molecule has 28 heavy (non-hydrogen) atoms. The van der Waals surface area contributed by atoms with Crippen molar-refractivity contribution in [1.29, 1.82) is 0 Å². The zero-order valence-corrected chi connectivity index (χ0v) is 17.3. The molecule has 2 aliphatic carbocycles. The highest BCUT2D eigenvalue weighted by Gasteiger charge is 2.52. The highest BCUT2D eigenvalue weighted by Crippen LogP contribution is 2.56. The van der Waals surface area contributed by atoms with E-state index in [0.717, 1.165) is 49.9 Å². The minimum Gasteiger partial charge on any atom is -0.346 e. The quantitative estimate of drug-likeness (QED) is 0.686. The fourth-order valence-corrected chi connectivity index (χ4v) is 5.91. The lowest BCUT2D eigenvalue weighted by Gasteiger charge is -2.36. The third kappa shape index (κ3) is 2.65. The summed E-state index contributed by atoms with van der Waals surface area (Å²) in [5.41, 5.74) is 5.81. The van der Waals surface area contributed by atoms with Gasteiger partial charge in [-0.3, -0.25) is 9.78 Å². The summed E-state index contributed by atoms with van der Waals surface area (Å²) >= 11 is 6.15. The molecule has 0 spiro atoms. The number of allylic oxidation sites excluding steroid dienone is 1. The van der Waals surface area contributed by atoms with Crippen molar-refractivity contribution in [3.8, 4) is 0 Å². The van der Waals surface area contributed by atoms with E-state index in [1.54, 1.807) is 6.20 Å². The molecule has 2 aromatic rings. The molecule has 1 amide bonds. The summed E-state index contributed by atoms with van der Waals surface area (Å²) in [4.78, 5) is 20.3. The molecule has 2 aromatic heterocycles. The van der Waals surface area contributed by atoms with E-state index in [0.29, 0.717) is 23.5 Å². The topological polar surface area (TPSA) is 38.1 Å². The van der Waals surface area contributed by atoms with Gasteiger partial charge >= 0.3 is 0 Å². The van der Waals surface area contributed by atoms with E-state index in [2.05, 4.69) is 46.5 Å². The van der Waals surface area contributed by atoms with Crippen molar-refractivity contribution in [3.05, 3.63) is 63.7 Å². The fourth-order valence-electron chi connectivity index (χ4n) is 5.73. The van der Waals surface area contributed by atoms with Gasteiger partial charge in [0, 0.05) is 48.8 Å². The second kappa shape index (κ2) is 6.48. The van der Waals surface area contributed by atoms with Crippen LogP contribution < -0.4 is 0 Å². The number of hydrogen-bond acceptors (Lipinski definition) is 2. The average Bonchev–Trinajstić information content (AvgIpc) is 3.33. The lowest BCUT2D eigenvalue weighted by molar-refractivity contribution is -0.141. The molecule has 1 saturated carbocycles. The molecule has 0 N–H and O–H groups in total. The Morgan fingerprint density at radius 1 is 1.29 bits per heavy atom. The molecular weight excluding hydrogens is 370 g/mol. The molecule has 0 radical (unpaired) electrons.